The van der Waals surface area contributed by atoms with Crippen LogP contribution in [-0.4, -0.2) is 18.8 Å². The van der Waals surface area contributed by atoms with Crippen molar-refractivity contribution in [3.8, 4) is 5.75 Å². The zero-order valence-corrected chi connectivity index (χ0v) is 7.72. The van der Waals surface area contributed by atoms with Gasteiger partial charge in [-0.2, -0.15) is 0 Å². The Kier molecular flexibility index (Phi) is 2.15. The van der Waals surface area contributed by atoms with E-state index in [-0.39, 0.29) is 5.60 Å². The topological polar surface area (TPSA) is 21.8 Å². The number of rotatable bonds is 3. The van der Waals surface area contributed by atoms with E-state index >= 15 is 0 Å². The Morgan fingerprint density at radius 3 is 2.71 bits per heavy atom. The molecule has 4 heteroatoms. The molecule has 0 amide bonds. The fraction of sp³-hybridized carbons (Fsp3) is 0.400. The smallest absolute Gasteiger partial charge is 0.162 e. The Balaban J connectivity index is 1.99. The summed E-state index contributed by atoms with van der Waals surface area (Å²) in [6.07, 6.45) is 0. The maximum atomic E-state index is 12.7. The third kappa shape index (κ3) is 2.01. The van der Waals surface area contributed by atoms with Gasteiger partial charge in [0.2, 0.25) is 0 Å². The van der Waals surface area contributed by atoms with Crippen LogP contribution >= 0.6 is 0 Å². The lowest BCUT2D eigenvalue weighted by Crippen LogP contribution is -2.16. The van der Waals surface area contributed by atoms with Crippen molar-refractivity contribution in [1.29, 1.82) is 0 Å². The highest BCUT2D eigenvalue weighted by Gasteiger charge is 2.40. The molecule has 14 heavy (non-hydrogen) atoms. The molecule has 2 nitrogen and oxygen atoms in total. The molecule has 1 aliphatic rings. The number of ether oxygens (including phenoxy) is 2. The fourth-order valence-electron chi connectivity index (χ4n) is 1.01. The van der Waals surface area contributed by atoms with Gasteiger partial charge in [0.05, 0.1) is 6.61 Å². The first-order valence-electron chi connectivity index (χ1n) is 4.31. The molecular weight excluding hydrogens is 190 g/mol. The van der Waals surface area contributed by atoms with E-state index in [1.54, 1.807) is 0 Å². The third-order valence-corrected chi connectivity index (χ3v) is 2.07. The second-order valence-electron chi connectivity index (χ2n) is 3.60. The molecule has 1 saturated heterocycles. The highest BCUT2D eigenvalue weighted by atomic mass is 19.2. The molecule has 1 fully saturated rings. The van der Waals surface area contributed by atoms with E-state index in [9.17, 15) is 8.78 Å². The van der Waals surface area contributed by atoms with Gasteiger partial charge >= 0.3 is 0 Å². The molecular formula is C10H10F2O2. The van der Waals surface area contributed by atoms with Crippen molar-refractivity contribution in [3.05, 3.63) is 29.8 Å². The Morgan fingerprint density at radius 2 is 2.14 bits per heavy atom. The summed E-state index contributed by atoms with van der Waals surface area (Å²) in [5.41, 5.74) is -0.245. The summed E-state index contributed by atoms with van der Waals surface area (Å²) >= 11 is 0. The first-order chi connectivity index (χ1) is 6.59. The molecule has 1 aliphatic heterocycles. The second kappa shape index (κ2) is 3.20. The average molecular weight is 200 g/mol. The third-order valence-electron chi connectivity index (χ3n) is 2.07. The van der Waals surface area contributed by atoms with E-state index in [2.05, 4.69) is 0 Å². The normalized spacial score (nSPS) is 24.8. The van der Waals surface area contributed by atoms with E-state index in [4.69, 9.17) is 9.47 Å². The number of epoxide rings is 1. The average Bonchev–Trinajstić information content (AvgIpc) is 2.87. The molecule has 0 aromatic heterocycles. The lowest BCUT2D eigenvalue weighted by atomic mass is 10.2. The Hall–Kier alpha value is -1.16. The molecule has 76 valence electrons. The predicted octanol–water partition coefficient (Wildman–Crippen LogP) is 2.13. The van der Waals surface area contributed by atoms with Crippen molar-refractivity contribution in [3.63, 3.8) is 0 Å². The van der Waals surface area contributed by atoms with Crippen LogP contribution in [0.25, 0.3) is 0 Å². The van der Waals surface area contributed by atoms with Crippen molar-refractivity contribution in [1.82, 2.24) is 0 Å². The van der Waals surface area contributed by atoms with Crippen molar-refractivity contribution in [2.24, 2.45) is 0 Å². The molecule has 1 aromatic rings. The van der Waals surface area contributed by atoms with Gasteiger partial charge in [-0.3, -0.25) is 0 Å². The van der Waals surface area contributed by atoms with Crippen LogP contribution in [0.15, 0.2) is 18.2 Å². The first kappa shape index (κ1) is 9.40. The monoisotopic (exact) mass is 200 g/mol. The van der Waals surface area contributed by atoms with Crippen LogP contribution in [0.4, 0.5) is 8.78 Å². The standard InChI is InChI=1S/C10H10F2O2/c1-10(6-14-10)5-13-7-2-3-8(11)9(12)4-7/h2-4H,5-6H2,1H3. The van der Waals surface area contributed by atoms with Crippen molar-refractivity contribution < 1.29 is 18.3 Å². The molecule has 0 N–H and O–H groups in total. The summed E-state index contributed by atoms with van der Waals surface area (Å²) < 4.78 is 35.6. The fourth-order valence-corrected chi connectivity index (χ4v) is 1.01. The first-order valence-corrected chi connectivity index (χ1v) is 4.31. The maximum absolute atomic E-state index is 12.7. The van der Waals surface area contributed by atoms with Gasteiger partial charge in [-0.25, -0.2) is 8.78 Å². The molecule has 0 aliphatic carbocycles. The van der Waals surface area contributed by atoms with Gasteiger partial charge < -0.3 is 9.47 Å². The molecule has 2 rings (SSSR count). The van der Waals surface area contributed by atoms with Gasteiger partial charge in [0.15, 0.2) is 11.6 Å². The lowest BCUT2D eigenvalue weighted by molar-refractivity contribution is 0.201. The van der Waals surface area contributed by atoms with Crippen LogP contribution in [-0.2, 0) is 4.74 Å². The van der Waals surface area contributed by atoms with E-state index in [0.29, 0.717) is 19.0 Å². The molecule has 1 heterocycles. The van der Waals surface area contributed by atoms with Crippen LogP contribution < -0.4 is 4.74 Å². The SMILES string of the molecule is CC1(COc2ccc(F)c(F)c2)CO1. The minimum atomic E-state index is -0.899. The summed E-state index contributed by atoms with van der Waals surface area (Å²) in [5.74, 6) is -1.45. The Morgan fingerprint density at radius 1 is 1.43 bits per heavy atom. The minimum Gasteiger partial charge on any atom is -0.490 e. The Labute approximate surface area is 80.4 Å². The highest BCUT2D eigenvalue weighted by molar-refractivity contribution is 5.23. The van der Waals surface area contributed by atoms with E-state index in [0.717, 1.165) is 12.1 Å². The number of hydrogen-bond donors (Lipinski definition) is 0. The molecule has 0 spiro atoms. The van der Waals surface area contributed by atoms with Gasteiger partial charge in [0.1, 0.15) is 18.0 Å². The predicted molar refractivity (Wildman–Crippen MR) is 46.2 cm³/mol. The summed E-state index contributed by atoms with van der Waals surface area (Å²) in [6, 6.07) is 3.46. The van der Waals surface area contributed by atoms with Gasteiger partial charge in [-0.1, -0.05) is 0 Å². The number of hydrogen-bond acceptors (Lipinski definition) is 2. The van der Waals surface area contributed by atoms with Crippen molar-refractivity contribution >= 4 is 0 Å². The molecule has 1 unspecified atom stereocenters. The van der Waals surface area contributed by atoms with Gasteiger partial charge in [0, 0.05) is 6.07 Å². The minimum absolute atomic E-state index is 0.245. The maximum Gasteiger partial charge on any atom is 0.162 e. The largest absolute Gasteiger partial charge is 0.490 e. The van der Waals surface area contributed by atoms with Crippen molar-refractivity contribution in [2.75, 3.05) is 13.2 Å². The second-order valence-corrected chi connectivity index (χ2v) is 3.60. The lowest BCUT2D eigenvalue weighted by Gasteiger charge is -2.08. The van der Waals surface area contributed by atoms with Crippen LogP contribution in [0.3, 0.4) is 0 Å². The molecule has 0 saturated carbocycles. The number of benzene rings is 1. The van der Waals surface area contributed by atoms with Gasteiger partial charge in [-0.05, 0) is 19.1 Å². The van der Waals surface area contributed by atoms with Crippen molar-refractivity contribution in [2.45, 2.75) is 12.5 Å². The van der Waals surface area contributed by atoms with Crippen LogP contribution in [0.5, 0.6) is 5.75 Å². The van der Waals surface area contributed by atoms with Gasteiger partial charge in [0.25, 0.3) is 0 Å². The Bertz CT molecular complexity index is 348. The molecule has 0 bridgehead atoms. The van der Waals surface area contributed by atoms with Crippen LogP contribution in [0.1, 0.15) is 6.92 Å². The van der Waals surface area contributed by atoms with Crippen LogP contribution in [0.2, 0.25) is 0 Å². The summed E-state index contributed by atoms with van der Waals surface area (Å²) in [4.78, 5) is 0. The summed E-state index contributed by atoms with van der Waals surface area (Å²) in [5, 5.41) is 0. The zero-order chi connectivity index (χ0) is 10.2. The van der Waals surface area contributed by atoms with E-state index < -0.39 is 11.6 Å². The van der Waals surface area contributed by atoms with E-state index in [1.807, 2.05) is 6.92 Å². The summed E-state index contributed by atoms with van der Waals surface area (Å²) in [6.45, 7) is 2.90. The molecule has 1 atom stereocenters. The molecule has 0 radical (unpaired) electrons. The summed E-state index contributed by atoms with van der Waals surface area (Å²) in [7, 11) is 0. The highest BCUT2D eigenvalue weighted by Crippen LogP contribution is 2.27. The van der Waals surface area contributed by atoms with Gasteiger partial charge in [-0.15, -0.1) is 0 Å². The van der Waals surface area contributed by atoms with E-state index in [1.165, 1.54) is 6.07 Å². The molecule has 1 aromatic carbocycles. The van der Waals surface area contributed by atoms with Crippen LogP contribution in [0, 0.1) is 11.6 Å². The number of halogens is 2. The quantitative estimate of drug-likeness (QED) is 0.697. The zero-order valence-electron chi connectivity index (χ0n) is 7.72.